The number of aromatic amines is 2. The Kier molecular flexibility index (Phi) is 17.7. The number of aromatic nitrogens is 2. The van der Waals surface area contributed by atoms with Gasteiger partial charge in [-0.25, -0.2) is 22.0 Å². The normalized spacial score (nSPS) is 18.8. The van der Waals surface area contributed by atoms with E-state index in [1.807, 2.05) is 18.2 Å². The first-order valence-electron chi connectivity index (χ1n) is 26.8. The van der Waals surface area contributed by atoms with Crippen molar-refractivity contribution in [3.63, 3.8) is 0 Å². The molecule has 406 valence electrons. The highest BCUT2D eigenvalue weighted by Crippen LogP contribution is 2.33. The molecule has 10 rings (SSSR count). The number of nitrogens with zero attached hydrogens (tertiary/aromatic N) is 4. The molecular weight excluding hydrogens is 996 g/mol. The molecular formula is C60H65F5N6O6. The number of rotatable bonds is 14. The summed E-state index contributed by atoms with van der Waals surface area (Å²) in [6, 6.07) is 20.2. The van der Waals surface area contributed by atoms with E-state index in [1.165, 1.54) is 58.3 Å². The van der Waals surface area contributed by atoms with Gasteiger partial charge in [-0.05, 0) is 185 Å². The zero-order chi connectivity index (χ0) is 54.2. The molecule has 6 aromatic rings. The summed E-state index contributed by atoms with van der Waals surface area (Å²) >= 11 is 0. The average molecular weight is 1060 g/mol. The second-order valence-electron chi connectivity index (χ2n) is 21.1. The molecule has 0 saturated carbocycles. The number of aliphatic carboxylic acids is 2. The Morgan fingerprint density at radius 2 is 0.896 bits per heavy atom. The number of benzene rings is 4. The third-order valence-electron chi connectivity index (χ3n) is 16.3. The topological polar surface area (TPSA) is 153 Å². The van der Waals surface area contributed by atoms with Crippen molar-refractivity contribution < 1.29 is 51.3 Å². The van der Waals surface area contributed by atoms with E-state index in [9.17, 15) is 51.3 Å². The second-order valence-corrected chi connectivity index (χ2v) is 21.1. The summed E-state index contributed by atoms with van der Waals surface area (Å²) in [5.41, 5.74) is 5.24. The summed E-state index contributed by atoms with van der Waals surface area (Å²) in [5.74, 6) is -6.82. The van der Waals surface area contributed by atoms with Gasteiger partial charge in [-0.1, -0.05) is 36.4 Å². The molecule has 4 fully saturated rings. The SMILES string of the molecule is O=C(O)C(C1CCN(C(=O)/C=C/c2cc(F)c(F)c(F)c2)CC1)N1CCC(Cc2c[nH]c3ccccc23)CC1.O=C(O)C(C1CCN(C(=O)/C=C/c2cc(F)cc(F)c2)CC1)N1CCC(Cc2c[nH]c3ccccc23)CC1. The van der Waals surface area contributed by atoms with Crippen LogP contribution in [0.2, 0.25) is 0 Å². The highest BCUT2D eigenvalue weighted by atomic mass is 19.2. The summed E-state index contributed by atoms with van der Waals surface area (Å²) in [6.07, 6.45) is 17.5. The standard InChI is InChI=1S/C30H32F3N3O3.C30H33F2N3O3/c31-24-16-20(17-25(32)28(24)33)5-6-27(37)35-13-9-21(10-14-35)29(30(38)39)36-11-7-19(8-12-36)15-22-18-34-26-4-2-1-3-23(22)26;31-24-16-21(17-25(32)18-24)5-6-28(36)34-13-9-22(10-14-34)29(30(37)38)35-11-7-20(8-12-35)15-23-19-33-27-4-2-1-3-26(23)27/h1-6,16-19,21,29,34H,7-15H2,(H,38,39);1-6,16-20,22,29,33H,7-15H2,(H,37,38)/b2*6-5+. The van der Waals surface area contributed by atoms with E-state index in [0.717, 1.165) is 93.9 Å². The van der Waals surface area contributed by atoms with Crippen molar-refractivity contribution in [1.29, 1.82) is 0 Å². The first-order chi connectivity index (χ1) is 37.2. The van der Waals surface area contributed by atoms with E-state index >= 15 is 0 Å². The monoisotopic (exact) mass is 1060 g/mol. The molecule has 6 heterocycles. The van der Waals surface area contributed by atoms with Gasteiger partial charge in [-0.2, -0.15) is 0 Å². The minimum absolute atomic E-state index is 0.0250. The molecule has 0 radical (unpaired) electrons. The quantitative estimate of drug-likeness (QED) is 0.0478. The van der Waals surface area contributed by atoms with Crippen LogP contribution in [0, 0.1) is 52.8 Å². The first kappa shape index (κ1) is 54.7. The molecule has 77 heavy (non-hydrogen) atoms. The third-order valence-corrected chi connectivity index (χ3v) is 16.3. The Hall–Kier alpha value is -7.11. The molecule has 4 N–H and O–H groups in total. The van der Waals surface area contributed by atoms with Crippen LogP contribution >= 0.6 is 0 Å². The van der Waals surface area contributed by atoms with Gasteiger partial charge < -0.3 is 30.0 Å². The number of nitrogens with one attached hydrogen (secondary N) is 2. The summed E-state index contributed by atoms with van der Waals surface area (Å²) in [4.78, 5) is 64.0. The molecule has 12 nitrogen and oxygen atoms in total. The van der Waals surface area contributed by atoms with Gasteiger partial charge in [0.2, 0.25) is 11.8 Å². The summed E-state index contributed by atoms with van der Waals surface area (Å²) in [6.45, 7) is 4.72. The Balaban J connectivity index is 0.000000188. The molecule has 17 heteroatoms. The Morgan fingerprint density at radius 3 is 1.29 bits per heavy atom. The van der Waals surface area contributed by atoms with Crippen molar-refractivity contribution in [1.82, 2.24) is 29.6 Å². The molecule has 0 bridgehead atoms. The lowest BCUT2D eigenvalue weighted by Crippen LogP contribution is -2.52. The number of hydrogen-bond acceptors (Lipinski definition) is 6. The van der Waals surface area contributed by atoms with Gasteiger partial charge in [-0.15, -0.1) is 0 Å². The number of halogens is 5. The second kappa shape index (κ2) is 24.9. The van der Waals surface area contributed by atoms with E-state index in [1.54, 1.807) is 9.80 Å². The van der Waals surface area contributed by atoms with E-state index in [2.05, 4.69) is 62.5 Å². The van der Waals surface area contributed by atoms with Gasteiger partial charge in [0.1, 0.15) is 23.7 Å². The molecule has 4 aromatic carbocycles. The molecule has 0 spiro atoms. The number of H-pyrrole nitrogens is 2. The van der Waals surface area contributed by atoms with Crippen LogP contribution in [0.5, 0.6) is 0 Å². The van der Waals surface area contributed by atoms with Crippen molar-refractivity contribution in [2.45, 2.75) is 76.3 Å². The van der Waals surface area contributed by atoms with Gasteiger partial charge in [0.15, 0.2) is 17.5 Å². The molecule has 0 aliphatic carbocycles. The van der Waals surface area contributed by atoms with Gasteiger partial charge in [0, 0.05) is 78.6 Å². The van der Waals surface area contributed by atoms with Crippen LogP contribution in [-0.2, 0) is 32.0 Å². The minimum atomic E-state index is -1.55. The van der Waals surface area contributed by atoms with Crippen molar-refractivity contribution in [3.8, 4) is 0 Å². The fourth-order valence-electron chi connectivity index (χ4n) is 12.2. The first-order valence-corrected chi connectivity index (χ1v) is 26.8. The summed E-state index contributed by atoms with van der Waals surface area (Å²) in [7, 11) is 0. The number of fused-ring (bicyclic) bond motifs is 2. The van der Waals surface area contributed by atoms with E-state index < -0.39 is 53.1 Å². The Labute approximate surface area is 444 Å². The predicted molar refractivity (Wildman–Crippen MR) is 285 cm³/mol. The number of hydrogen-bond donors (Lipinski definition) is 4. The van der Waals surface area contributed by atoms with Crippen molar-refractivity contribution >= 4 is 57.7 Å². The minimum Gasteiger partial charge on any atom is -0.480 e. The number of carbonyl (C=O) groups is 4. The van der Waals surface area contributed by atoms with Gasteiger partial charge in [0.25, 0.3) is 0 Å². The maximum absolute atomic E-state index is 13.4. The number of piperidine rings is 4. The van der Waals surface area contributed by atoms with Crippen molar-refractivity contribution in [3.05, 3.63) is 155 Å². The number of para-hydroxylation sites is 2. The number of amides is 2. The van der Waals surface area contributed by atoms with E-state index in [4.69, 9.17) is 0 Å². The number of carboxylic acid groups (broad SMARTS) is 2. The maximum Gasteiger partial charge on any atom is 0.321 e. The van der Waals surface area contributed by atoms with Gasteiger partial charge >= 0.3 is 11.9 Å². The maximum atomic E-state index is 13.4. The van der Waals surface area contributed by atoms with Crippen molar-refractivity contribution in [2.75, 3.05) is 52.4 Å². The van der Waals surface area contributed by atoms with Crippen LogP contribution in [0.15, 0.2) is 103 Å². The largest absolute Gasteiger partial charge is 0.480 e. The Morgan fingerprint density at radius 1 is 0.519 bits per heavy atom. The zero-order valence-corrected chi connectivity index (χ0v) is 42.9. The van der Waals surface area contributed by atoms with Crippen molar-refractivity contribution in [2.24, 2.45) is 23.7 Å². The van der Waals surface area contributed by atoms with Crippen LogP contribution < -0.4 is 0 Å². The van der Waals surface area contributed by atoms with E-state index in [0.29, 0.717) is 63.7 Å². The van der Waals surface area contributed by atoms with Crippen LogP contribution in [0.4, 0.5) is 22.0 Å². The lowest BCUT2D eigenvalue weighted by molar-refractivity contribution is -0.148. The van der Waals surface area contributed by atoms with E-state index in [-0.39, 0.29) is 34.8 Å². The fraction of sp³-hybridized carbons (Fsp3) is 0.400. The molecule has 2 unspecified atom stereocenters. The number of likely N-dealkylation sites (tertiary alicyclic amines) is 4. The number of carbonyl (C=O) groups excluding carboxylic acids is 2. The lowest BCUT2D eigenvalue weighted by Gasteiger charge is -2.41. The zero-order valence-electron chi connectivity index (χ0n) is 42.9. The smallest absolute Gasteiger partial charge is 0.321 e. The highest BCUT2D eigenvalue weighted by molar-refractivity contribution is 5.92. The van der Waals surface area contributed by atoms with Gasteiger partial charge in [0.05, 0.1) is 0 Å². The summed E-state index contributed by atoms with van der Waals surface area (Å²) < 4.78 is 66.8. The molecule has 2 amide bonds. The molecule has 4 aliphatic rings. The lowest BCUT2D eigenvalue weighted by atomic mass is 9.85. The van der Waals surface area contributed by atoms with Crippen LogP contribution in [0.25, 0.3) is 34.0 Å². The average Bonchev–Trinajstić information content (AvgIpc) is 4.04. The van der Waals surface area contributed by atoms with Crippen LogP contribution in [-0.4, -0.2) is 128 Å². The molecule has 4 aliphatic heterocycles. The number of carboxylic acids is 2. The van der Waals surface area contributed by atoms with Crippen LogP contribution in [0.1, 0.15) is 73.6 Å². The molecule has 2 atom stereocenters. The molecule has 2 aromatic heterocycles. The molecule has 4 saturated heterocycles. The Bertz CT molecular complexity index is 3060. The highest BCUT2D eigenvalue weighted by Gasteiger charge is 2.40. The van der Waals surface area contributed by atoms with Gasteiger partial charge in [-0.3, -0.25) is 29.0 Å². The predicted octanol–water partition coefficient (Wildman–Crippen LogP) is 10.4. The fourth-order valence-corrected chi connectivity index (χ4v) is 12.2. The third kappa shape index (κ3) is 13.5. The van der Waals surface area contributed by atoms with Crippen LogP contribution in [0.3, 0.4) is 0 Å². The summed E-state index contributed by atoms with van der Waals surface area (Å²) in [5, 5.41) is 22.7.